The Balaban J connectivity index is 1.86. The molecule has 0 atom stereocenters. The van der Waals surface area contributed by atoms with Crippen LogP contribution in [0.2, 0.25) is 10.0 Å². The van der Waals surface area contributed by atoms with Crippen molar-refractivity contribution in [2.75, 3.05) is 5.32 Å². The van der Waals surface area contributed by atoms with Crippen LogP contribution in [0.3, 0.4) is 0 Å². The maximum atomic E-state index is 12.3. The Morgan fingerprint density at radius 3 is 2.27 bits per heavy atom. The van der Waals surface area contributed by atoms with Crippen molar-refractivity contribution in [3.63, 3.8) is 0 Å². The van der Waals surface area contributed by atoms with Crippen molar-refractivity contribution in [2.45, 2.75) is 6.54 Å². The summed E-state index contributed by atoms with van der Waals surface area (Å²) < 4.78 is 1.02. The molecular weight excluding hydrogens is 377 g/mol. The molecule has 0 fully saturated rings. The SMILES string of the molecule is O=C(Nc1cc(Cl)cc(Cl)c1)c1cc(=O)n(Cc2ccccc2)c(=O)[nH]1. The van der Waals surface area contributed by atoms with Gasteiger partial charge in [-0.15, -0.1) is 0 Å². The molecule has 0 bridgehead atoms. The lowest BCUT2D eigenvalue weighted by Crippen LogP contribution is -2.37. The summed E-state index contributed by atoms with van der Waals surface area (Å²) in [6, 6.07) is 14.7. The van der Waals surface area contributed by atoms with Gasteiger partial charge in [-0.1, -0.05) is 53.5 Å². The lowest BCUT2D eigenvalue weighted by molar-refractivity contribution is 0.102. The number of hydrogen-bond acceptors (Lipinski definition) is 3. The van der Waals surface area contributed by atoms with Crippen LogP contribution in [0, 0.1) is 0 Å². The van der Waals surface area contributed by atoms with Crippen LogP contribution in [0.1, 0.15) is 16.1 Å². The monoisotopic (exact) mass is 389 g/mol. The molecule has 26 heavy (non-hydrogen) atoms. The molecule has 8 heteroatoms. The zero-order valence-electron chi connectivity index (χ0n) is 13.3. The minimum atomic E-state index is -0.671. The molecule has 0 aliphatic rings. The van der Waals surface area contributed by atoms with Crippen molar-refractivity contribution in [3.05, 3.63) is 96.7 Å². The van der Waals surface area contributed by atoms with Gasteiger partial charge in [-0.3, -0.25) is 14.2 Å². The molecular formula is C18H13Cl2N3O3. The van der Waals surface area contributed by atoms with Crippen LogP contribution in [0.15, 0.2) is 64.2 Å². The van der Waals surface area contributed by atoms with Crippen molar-refractivity contribution < 1.29 is 4.79 Å². The number of nitrogens with zero attached hydrogens (tertiary/aromatic N) is 1. The zero-order valence-corrected chi connectivity index (χ0v) is 14.8. The largest absolute Gasteiger partial charge is 0.329 e. The normalized spacial score (nSPS) is 10.5. The van der Waals surface area contributed by atoms with Gasteiger partial charge in [0.1, 0.15) is 5.69 Å². The average molecular weight is 390 g/mol. The van der Waals surface area contributed by atoms with E-state index in [0.717, 1.165) is 16.2 Å². The van der Waals surface area contributed by atoms with E-state index in [-0.39, 0.29) is 12.2 Å². The van der Waals surface area contributed by atoms with Crippen LogP contribution >= 0.6 is 23.2 Å². The Morgan fingerprint density at radius 1 is 1.00 bits per heavy atom. The molecule has 0 saturated heterocycles. The van der Waals surface area contributed by atoms with E-state index in [0.29, 0.717) is 15.7 Å². The number of amides is 1. The smallest absolute Gasteiger partial charge is 0.321 e. The quantitative estimate of drug-likeness (QED) is 0.718. The van der Waals surface area contributed by atoms with Crippen molar-refractivity contribution in [3.8, 4) is 0 Å². The van der Waals surface area contributed by atoms with Gasteiger partial charge in [0.15, 0.2) is 0 Å². The van der Waals surface area contributed by atoms with E-state index >= 15 is 0 Å². The number of carbonyl (C=O) groups is 1. The second kappa shape index (κ2) is 7.59. The number of carbonyl (C=O) groups excluding carboxylic acids is 1. The predicted octanol–water partition coefficient (Wildman–Crippen LogP) is 3.14. The molecule has 2 N–H and O–H groups in total. The second-order valence-corrected chi connectivity index (χ2v) is 6.38. The summed E-state index contributed by atoms with van der Waals surface area (Å²) in [5.74, 6) is -0.649. The highest BCUT2D eigenvalue weighted by Crippen LogP contribution is 2.22. The molecule has 1 heterocycles. The second-order valence-electron chi connectivity index (χ2n) is 5.51. The first-order valence-electron chi connectivity index (χ1n) is 7.58. The van der Waals surface area contributed by atoms with Gasteiger partial charge < -0.3 is 10.3 Å². The Morgan fingerprint density at radius 2 is 1.65 bits per heavy atom. The van der Waals surface area contributed by atoms with Crippen molar-refractivity contribution in [1.82, 2.24) is 9.55 Å². The summed E-state index contributed by atoms with van der Waals surface area (Å²) in [7, 11) is 0. The molecule has 1 amide bonds. The highest BCUT2D eigenvalue weighted by Gasteiger charge is 2.12. The summed E-state index contributed by atoms with van der Waals surface area (Å²) in [5, 5.41) is 3.23. The van der Waals surface area contributed by atoms with Gasteiger partial charge in [0, 0.05) is 21.8 Å². The van der Waals surface area contributed by atoms with E-state index in [4.69, 9.17) is 23.2 Å². The van der Waals surface area contributed by atoms with E-state index in [1.807, 2.05) is 18.2 Å². The Bertz CT molecular complexity index is 1020. The van der Waals surface area contributed by atoms with Gasteiger partial charge in [-0.2, -0.15) is 0 Å². The molecule has 0 aliphatic heterocycles. The lowest BCUT2D eigenvalue weighted by atomic mass is 10.2. The highest BCUT2D eigenvalue weighted by molar-refractivity contribution is 6.35. The minimum absolute atomic E-state index is 0.112. The molecule has 0 saturated carbocycles. The number of H-pyrrole nitrogens is 1. The molecule has 132 valence electrons. The van der Waals surface area contributed by atoms with Crippen molar-refractivity contribution >= 4 is 34.8 Å². The summed E-state index contributed by atoms with van der Waals surface area (Å²) in [6.07, 6.45) is 0. The molecule has 1 aromatic heterocycles. The van der Waals surface area contributed by atoms with E-state index in [1.54, 1.807) is 12.1 Å². The molecule has 0 aliphatic carbocycles. The van der Waals surface area contributed by atoms with Crippen molar-refractivity contribution in [2.24, 2.45) is 0 Å². The first-order chi connectivity index (χ1) is 12.4. The number of rotatable bonds is 4. The van der Waals surface area contributed by atoms with Crippen LogP contribution in [0.5, 0.6) is 0 Å². The van der Waals surface area contributed by atoms with Gasteiger partial charge >= 0.3 is 5.69 Å². The predicted molar refractivity (Wildman–Crippen MR) is 101 cm³/mol. The van der Waals surface area contributed by atoms with Crippen LogP contribution in [-0.4, -0.2) is 15.5 Å². The fourth-order valence-electron chi connectivity index (χ4n) is 2.38. The van der Waals surface area contributed by atoms with Gasteiger partial charge in [0.25, 0.3) is 11.5 Å². The first-order valence-corrected chi connectivity index (χ1v) is 8.33. The minimum Gasteiger partial charge on any atom is -0.321 e. The van der Waals surface area contributed by atoms with Crippen LogP contribution in [0.4, 0.5) is 5.69 Å². The maximum Gasteiger partial charge on any atom is 0.329 e. The number of aromatic amines is 1. The van der Waals surface area contributed by atoms with Crippen LogP contribution < -0.4 is 16.6 Å². The summed E-state index contributed by atoms with van der Waals surface area (Å²) in [5.41, 5.74) is -0.254. The third kappa shape index (κ3) is 4.22. The van der Waals surface area contributed by atoms with E-state index in [9.17, 15) is 14.4 Å². The molecule has 0 spiro atoms. The third-order valence-electron chi connectivity index (χ3n) is 3.57. The van der Waals surface area contributed by atoms with Crippen LogP contribution in [0.25, 0.3) is 0 Å². The molecule has 0 radical (unpaired) electrons. The summed E-state index contributed by atoms with van der Waals surface area (Å²) in [4.78, 5) is 39.2. The molecule has 3 rings (SSSR count). The number of hydrogen-bond donors (Lipinski definition) is 2. The Hall–Kier alpha value is -2.83. The topological polar surface area (TPSA) is 84.0 Å². The number of nitrogens with one attached hydrogen (secondary N) is 2. The van der Waals surface area contributed by atoms with E-state index < -0.39 is 17.2 Å². The Labute approximate surface area is 158 Å². The van der Waals surface area contributed by atoms with E-state index in [2.05, 4.69) is 10.3 Å². The fourth-order valence-corrected chi connectivity index (χ4v) is 2.91. The Kier molecular flexibility index (Phi) is 5.25. The van der Waals surface area contributed by atoms with Gasteiger partial charge in [-0.05, 0) is 23.8 Å². The number of anilines is 1. The van der Waals surface area contributed by atoms with Crippen LogP contribution in [-0.2, 0) is 6.54 Å². The van der Waals surface area contributed by atoms with Gasteiger partial charge in [0.05, 0.1) is 6.54 Å². The van der Waals surface area contributed by atoms with Crippen molar-refractivity contribution in [1.29, 1.82) is 0 Å². The number of halogens is 2. The molecule has 3 aromatic rings. The van der Waals surface area contributed by atoms with Gasteiger partial charge in [-0.25, -0.2) is 4.79 Å². The number of aromatic nitrogens is 2. The molecule has 2 aromatic carbocycles. The molecule has 0 unspecified atom stereocenters. The average Bonchev–Trinajstić information content (AvgIpc) is 2.58. The zero-order chi connectivity index (χ0) is 18.7. The number of benzene rings is 2. The molecule has 6 nitrogen and oxygen atoms in total. The summed E-state index contributed by atoms with van der Waals surface area (Å²) in [6.45, 7) is 0.112. The summed E-state index contributed by atoms with van der Waals surface area (Å²) >= 11 is 11.8. The van der Waals surface area contributed by atoms with Gasteiger partial charge in [0.2, 0.25) is 0 Å². The highest BCUT2D eigenvalue weighted by atomic mass is 35.5. The lowest BCUT2D eigenvalue weighted by Gasteiger charge is -2.08. The standard InChI is InChI=1S/C18H13Cl2N3O3/c19-12-6-13(20)8-14(7-12)21-17(25)15-9-16(24)23(18(26)22-15)10-11-4-2-1-3-5-11/h1-9H,10H2,(H,21,25)(H,22,26). The first kappa shape index (κ1) is 18.0. The van der Waals surface area contributed by atoms with E-state index in [1.165, 1.54) is 18.2 Å². The maximum absolute atomic E-state index is 12.3. The third-order valence-corrected chi connectivity index (χ3v) is 4.01. The fraction of sp³-hybridized carbons (Fsp3) is 0.0556.